The number of hydrogen-bond donors (Lipinski definition) is 10. The number of phosphoric ester groups is 2. The summed E-state index contributed by atoms with van der Waals surface area (Å²) in [5.41, 5.74) is 4.64. The second-order valence-electron chi connectivity index (χ2n) is 9.11. The fourth-order valence-corrected chi connectivity index (χ4v) is 11.6. The molecular formula is C13H24N6O22P6. The van der Waals surface area contributed by atoms with E-state index in [1.807, 2.05) is 0 Å². The largest absolute Gasteiger partial charge is 0.490 e. The van der Waals surface area contributed by atoms with Gasteiger partial charge in [-0.2, -0.15) is 26.5 Å². The van der Waals surface area contributed by atoms with Crippen molar-refractivity contribution in [2.24, 2.45) is 0 Å². The standard InChI is InChI=1S/C13H24N6O22P6/c14-13-17-11-10(12(21)18-13)16-5-19(11)9-1-7(20)8(35-9)4-34-42(22,23)37-44(26,27)39-46(30,31)41-47(32,33)40-45(28,29)38-43(24,25)36-6-2-15-3-6/h5-9,15,20H,1-4H2,(H,22,23)(H,24,25)(H,26,27)(H,28,29)(H,30,31)(H,32,33)(H3,14,17,18,21)/t7-,8-,9-/m1/s1. The molecule has 47 heavy (non-hydrogen) atoms. The van der Waals surface area contributed by atoms with Gasteiger partial charge in [0.05, 0.1) is 25.1 Å². The van der Waals surface area contributed by atoms with E-state index in [0.717, 1.165) is 6.33 Å². The normalized spacial score (nSPS) is 28.3. The Bertz CT molecular complexity index is 1840. The van der Waals surface area contributed by atoms with Gasteiger partial charge in [0.2, 0.25) is 5.95 Å². The number of anilines is 1. The number of phosphoric acid groups is 6. The third kappa shape index (κ3) is 10.9. The van der Waals surface area contributed by atoms with E-state index >= 15 is 0 Å². The number of aromatic amines is 1. The van der Waals surface area contributed by atoms with E-state index in [-0.39, 0.29) is 36.6 Å². The topological polar surface area (TPSA) is 419 Å². The van der Waals surface area contributed by atoms with Gasteiger partial charge in [0.25, 0.3) is 5.56 Å². The van der Waals surface area contributed by atoms with Gasteiger partial charge in [-0.3, -0.25) is 23.4 Å². The summed E-state index contributed by atoms with van der Waals surface area (Å²) in [7, 11) is -36.4. The monoisotopic (exact) mass is 802 g/mol. The molecule has 0 aromatic carbocycles. The van der Waals surface area contributed by atoms with Crippen molar-refractivity contribution in [1.82, 2.24) is 24.8 Å². The van der Waals surface area contributed by atoms with Crippen LogP contribution in [0.4, 0.5) is 5.95 Å². The van der Waals surface area contributed by atoms with Gasteiger partial charge in [0.15, 0.2) is 11.2 Å². The number of aliphatic hydroxyl groups excluding tert-OH is 1. The van der Waals surface area contributed by atoms with Gasteiger partial charge in [-0.25, -0.2) is 32.4 Å². The molecule has 2 fully saturated rings. The molecule has 11 N–H and O–H groups in total. The van der Waals surface area contributed by atoms with E-state index in [9.17, 15) is 66.7 Å². The molecule has 0 amide bonds. The molecule has 0 saturated carbocycles. The second kappa shape index (κ2) is 13.9. The number of nitrogens with two attached hydrogens (primary N) is 1. The lowest BCUT2D eigenvalue weighted by atomic mass is 10.2. The Balaban J connectivity index is 1.31. The average molecular weight is 802 g/mol. The third-order valence-corrected chi connectivity index (χ3v) is 14.7. The molecule has 34 heteroatoms. The molecule has 0 spiro atoms. The van der Waals surface area contributed by atoms with Crippen LogP contribution in [0.5, 0.6) is 0 Å². The minimum atomic E-state index is -6.43. The maximum Gasteiger partial charge on any atom is 0.490 e. The van der Waals surface area contributed by atoms with Crippen molar-refractivity contribution in [2.45, 2.75) is 31.0 Å². The Morgan fingerprint density at radius 2 is 1.38 bits per heavy atom. The van der Waals surface area contributed by atoms with Gasteiger partial charge in [-0.15, -0.1) is 0 Å². The molecule has 2 aliphatic rings. The lowest BCUT2D eigenvalue weighted by molar-refractivity contribution is -0.0423. The van der Waals surface area contributed by atoms with E-state index in [1.165, 1.54) is 4.57 Å². The summed E-state index contributed by atoms with van der Waals surface area (Å²) in [4.78, 5) is 79.4. The molecule has 6 unspecified atom stereocenters. The number of nitrogens with one attached hydrogen (secondary N) is 2. The van der Waals surface area contributed by atoms with E-state index in [0.29, 0.717) is 0 Å². The molecule has 2 saturated heterocycles. The summed E-state index contributed by atoms with van der Waals surface area (Å²) in [6.07, 6.45) is -4.06. The fourth-order valence-electron chi connectivity index (χ4n) is 3.64. The van der Waals surface area contributed by atoms with Crippen LogP contribution in [-0.4, -0.2) is 92.0 Å². The van der Waals surface area contributed by atoms with E-state index in [2.05, 4.69) is 50.9 Å². The number of hydrogen-bond acceptors (Lipinski definition) is 20. The zero-order chi connectivity index (χ0) is 35.2. The van der Waals surface area contributed by atoms with Gasteiger partial charge in [-0.05, 0) is 0 Å². The number of aliphatic hydroxyl groups is 1. The minimum Gasteiger partial charge on any atom is -0.390 e. The first-order valence-electron chi connectivity index (χ1n) is 12.0. The zero-order valence-corrected chi connectivity index (χ0v) is 27.9. The lowest BCUT2D eigenvalue weighted by Gasteiger charge is -2.28. The number of rotatable bonds is 16. The molecule has 268 valence electrons. The first-order valence-corrected chi connectivity index (χ1v) is 21.0. The summed E-state index contributed by atoms with van der Waals surface area (Å²) in [6, 6.07) is 0. The SMILES string of the molecule is Nc1nc2c(ncn2[C@H]2C[C@@H](O)[C@@H](COP(=O)(O)OP(=O)(O)OP(=O)(O)OP(=O)(O)OP(=O)(O)OP(=O)(O)OC3CNC3)O2)c(=O)[nH]1. The molecule has 4 rings (SSSR count). The number of ether oxygens (including phenoxy) is 1. The maximum absolute atomic E-state index is 12.2. The highest BCUT2D eigenvalue weighted by Gasteiger charge is 2.50. The summed E-state index contributed by atoms with van der Waals surface area (Å²) in [5.74, 6) is -0.271. The van der Waals surface area contributed by atoms with Gasteiger partial charge in [0, 0.05) is 19.5 Å². The van der Waals surface area contributed by atoms with Crippen LogP contribution in [0.1, 0.15) is 12.6 Å². The van der Waals surface area contributed by atoms with E-state index in [1.54, 1.807) is 0 Å². The van der Waals surface area contributed by atoms with Crippen LogP contribution in [0.25, 0.3) is 11.2 Å². The number of H-pyrrole nitrogens is 1. The van der Waals surface area contributed by atoms with Crippen molar-refractivity contribution < 1.29 is 97.2 Å². The molecule has 2 aliphatic heterocycles. The predicted molar refractivity (Wildman–Crippen MR) is 145 cm³/mol. The lowest BCUT2D eigenvalue weighted by Crippen LogP contribution is -2.47. The van der Waals surface area contributed by atoms with Crippen molar-refractivity contribution in [1.29, 1.82) is 0 Å². The Morgan fingerprint density at radius 1 is 0.872 bits per heavy atom. The first kappa shape index (κ1) is 38.7. The van der Waals surface area contributed by atoms with Crippen LogP contribution < -0.4 is 16.6 Å². The molecule has 2 aromatic rings. The number of fused-ring (bicyclic) bond motifs is 1. The maximum atomic E-state index is 12.2. The number of aromatic nitrogens is 4. The highest BCUT2D eigenvalue weighted by atomic mass is 31.3. The summed E-state index contributed by atoms with van der Waals surface area (Å²) >= 11 is 0. The van der Waals surface area contributed by atoms with E-state index in [4.69, 9.17) is 10.5 Å². The van der Waals surface area contributed by atoms with Crippen LogP contribution in [-0.2, 0) is 62.7 Å². The van der Waals surface area contributed by atoms with Crippen molar-refractivity contribution in [3.63, 3.8) is 0 Å². The molecule has 2 aromatic heterocycles. The Kier molecular flexibility index (Phi) is 11.4. The quantitative estimate of drug-likeness (QED) is 0.0914. The predicted octanol–water partition coefficient (Wildman–Crippen LogP) is -0.959. The fraction of sp³-hybridized carbons (Fsp3) is 0.615. The highest BCUT2D eigenvalue weighted by molar-refractivity contribution is 7.72. The summed E-state index contributed by atoms with van der Waals surface area (Å²) in [5, 5.41) is 12.9. The van der Waals surface area contributed by atoms with Crippen LogP contribution in [0.15, 0.2) is 11.1 Å². The number of nitrogen functional groups attached to an aromatic ring is 1. The third-order valence-electron chi connectivity index (χ3n) is 5.43. The molecule has 9 atom stereocenters. The minimum absolute atomic E-state index is 0.0191. The zero-order valence-electron chi connectivity index (χ0n) is 22.6. The van der Waals surface area contributed by atoms with Crippen molar-refractivity contribution >= 4 is 64.0 Å². The van der Waals surface area contributed by atoms with Crippen LogP contribution in [0.2, 0.25) is 0 Å². The number of imidazole rings is 1. The van der Waals surface area contributed by atoms with E-state index < -0.39 is 83.6 Å². The van der Waals surface area contributed by atoms with Gasteiger partial charge < -0.3 is 50.3 Å². The van der Waals surface area contributed by atoms with Crippen molar-refractivity contribution in [3.8, 4) is 0 Å². The van der Waals surface area contributed by atoms with Crippen LogP contribution in [0, 0.1) is 0 Å². The molecule has 28 nitrogen and oxygen atoms in total. The smallest absolute Gasteiger partial charge is 0.390 e. The molecule has 0 radical (unpaired) electrons. The summed E-state index contributed by atoms with van der Waals surface area (Å²) in [6.45, 7) is -1.01. The molecular weight excluding hydrogens is 778 g/mol. The summed E-state index contributed by atoms with van der Waals surface area (Å²) < 4.78 is 106. The Labute approximate surface area is 259 Å². The first-order chi connectivity index (χ1) is 21.4. The average Bonchev–Trinajstić information content (AvgIpc) is 3.39. The molecule has 0 bridgehead atoms. The van der Waals surface area contributed by atoms with Gasteiger partial charge in [0.1, 0.15) is 12.3 Å². The van der Waals surface area contributed by atoms with Crippen molar-refractivity contribution in [2.75, 3.05) is 25.4 Å². The Hall–Kier alpha value is -1.11. The van der Waals surface area contributed by atoms with Crippen LogP contribution >= 0.6 is 46.9 Å². The molecule has 4 heterocycles. The van der Waals surface area contributed by atoms with Crippen molar-refractivity contribution in [3.05, 3.63) is 16.7 Å². The second-order valence-corrected chi connectivity index (χ2v) is 18.5. The van der Waals surface area contributed by atoms with Crippen LogP contribution in [0.3, 0.4) is 0 Å². The van der Waals surface area contributed by atoms with Gasteiger partial charge >= 0.3 is 46.9 Å². The molecule has 0 aliphatic carbocycles. The Morgan fingerprint density at radius 3 is 1.89 bits per heavy atom. The number of nitrogens with zero attached hydrogens (tertiary/aromatic N) is 3. The highest BCUT2D eigenvalue weighted by Crippen LogP contribution is 2.75. The van der Waals surface area contributed by atoms with Gasteiger partial charge in [-0.1, -0.05) is 0 Å².